The molecular weight excluding hydrogens is 260 g/mol. The molecule has 2 unspecified atom stereocenters. The van der Waals surface area contributed by atoms with E-state index in [1.807, 2.05) is 0 Å². The Kier molecular flexibility index (Phi) is 4.89. The first kappa shape index (κ1) is 15.7. The van der Waals surface area contributed by atoms with Gasteiger partial charge in [-0.1, -0.05) is 0 Å². The van der Waals surface area contributed by atoms with Crippen molar-refractivity contribution in [1.82, 2.24) is 20.4 Å². The molecule has 4 nitrogen and oxygen atoms in total. The van der Waals surface area contributed by atoms with Crippen LogP contribution < -0.4 is 10.6 Å². The Morgan fingerprint density at radius 2 is 1.05 bits per heavy atom. The van der Waals surface area contributed by atoms with Crippen molar-refractivity contribution in [1.29, 1.82) is 0 Å². The quantitative estimate of drug-likeness (QED) is 0.803. The molecule has 0 spiro atoms. The molecule has 5 saturated heterocycles. The van der Waals surface area contributed by atoms with E-state index in [1.54, 1.807) is 0 Å². The van der Waals surface area contributed by atoms with Crippen molar-refractivity contribution < 1.29 is 0 Å². The fourth-order valence-electron chi connectivity index (χ4n) is 5.01. The summed E-state index contributed by atoms with van der Waals surface area (Å²) in [6, 6.07) is 4.90. The Labute approximate surface area is 130 Å². The van der Waals surface area contributed by atoms with Crippen LogP contribution in [0.3, 0.4) is 0 Å². The number of hydrogen-bond acceptors (Lipinski definition) is 4. The number of piperidine rings is 1. The zero-order valence-corrected chi connectivity index (χ0v) is 14.3. The maximum Gasteiger partial charge on any atom is 0.0242 e. The monoisotopic (exact) mass is 294 g/mol. The minimum absolute atomic E-state index is 0.745. The number of fused-ring (bicyclic) bond motifs is 4. The van der Waals surface area contributed by atoms with E-state index in [2.05, 4.69) is 48.1 Å². The Balaban J connectivity index is 0.000000126. The van der Waals surface area contributed by atoms with Crippen LogP contribution in [-0.2, 0) is 0 Å². The third kappa shape index (κ3) is 3.14. The van der Waals surface area contributed by atoms with Crippen molar-refractivity contribution in [2.75, 3.05) is 26.2 Å². The first-order chi connectivity index (χ1) is 10.1. The molecule has 0 aliphatic carbocycles. The lowest BCUT2D eigenvalue weighted by Crippen LogP contribution is -2.69. The van der Waals surface area contributed by atoms with Crippen LogP contribution in [0.5, 0.6) is 0 Å². The average Bonchev–Trinajstić information content (AvgIpc) is 2.70. The molecule has 0 saturated carbocycles. The number of piperazine rings is 2. The van der Waals surface area contributed by atoms with E-state index in [4.69, 9.17) is 0 Å². The molecule has 21 heavy (non-hydrogen) atoms. The Hall–Kier alpha value is -0.160. The molecule has 5 aliphatic rings. The van der Waals surface area contributed by atoms with E-state index in [-0.39, 0.29) is 0 Å². The Morgan fingerprint density at radius 3 is 1.33 bits per heavy atom. The number of nitrogens with one attached hydrogen (secondary N) is 2. The minimum atomic E-state index is 0.745. The van der Waals surface area contributed by atoms with Gasteiger partial charge < -0.3 is 10.6 Å². The SMILES string of the molecule is CC(C)N1C2CNCC1C2.CC(C)N1[C@@H]2CC[C@H]1CNC2. The summed E-state index contributed by atoms with van der Waals surface area (Å²) in [5.41, 5.74) is 0. The lowest BCUT2D eigenvalue weighted by atomic mass is 9.87. The molecule has 5 rings (SSSR count). The van der Waals surface area contributed by atoms with Crippen LogP contribution in [0.25, 0.3) is 0 Å². The lowest BCUT2D eigenvalue weighted by molar-refractivity contribution is -0.0383. The van der Waals surface area contributed by atoms with Gasteiger partial charge in [0.2, 0.25) is 0 Å². The molecule has 122 valence electrons. The summed E-state index contributed by atoms with van der Waals surface area (Å²) < 4.78 is 0. The lowest BCUT2D eigenvalue weighted by Gasteiger charge is -2.55. The first-order valence-electron chi connectivity index (χ1n) is 9.04. The van der Waals surface area contributed by atoms with Gasteiger partial charge >= 0.3 is 0 Å². The molecule has 0 amide bonds. The number of rotatable bonds is 2. The standard InChI is InChI=1S/C9H18N2.C8H16N2/c1-7(2)11-8-3-4-9(11)6-10-5-8;1-6(2)10-7-3-8(10)5-9-4-7/h7-10H,3-6H2,1-2H3;6-9H,3-5H2,1-2H3/t8-,9+;. The van der Waals surface area contributed by atoms with Gasteiger partial charge in [-0.15, -0.1) is 0 Å². The molecule has 0 aromatic rings. The minimum Gasteiger partial charge on any atom is -0.314 e. The highest BCUT2D eigenvalue weighted by Crippen LogP contribution is 2.30. The van der Waals surface area contributed by atoms with Crippen LogP contribution in [0.4, 0.5) is 0 Å². The van der Waals surface area contributed by atoms with E-state index < -0.39 is 0 Å². The summed E-state index contributed by atoms with van der Waals surface area (Å²) in [6.45, 7) is 14.1. The molecule has 5 aliphatic heterocycles. The predicted molar refractivity (Wildman–Crippen MR) is 88.7 cm³/mol. The molecule has 4 bridgehead atoms. The van der Waals surface area contributed by atoms with Gasteiger partial charge in [-0.2, -0.15) is 0 Å². The fraction of sp³-hybridized carbons (Fsp3) is 1.00. The molecule has 0 radical (unpaired) electrons. The van der Waals surface area contributed by atoms with Crippen molar-refractivity contribution in [3.63, 3.8) is 0 Å². The largest absolute Gasteiger partial charge is 0.314 e. The summed E-state index contributed by atoms with van der Waals surface area (Å²) in [5.74, 6) is 0. The maximum absolute atomic E-state index is 3.49. The molecular formula is C17H34N4. The summed E-state index contributed by atoms with van der Waals surface area (Å²) in [5, 5.41) is 6.92. The number of hydrogen-bond donors (Lipinski definition) is 2. The number of nitrogens with zero attached hydrogens (tertiary/aromatic N) is 2. The van der Waals surface area contributed by atoms with E-state index in [1.165, 1.54) is 45.4 Å². The summed E-state index contributed by atoms with van der Waals surface area (Å²) in [6.07, 6.45) is 4.26. The van der Waals surface area contributed by atoms with Gasteiger partial charge in [0.25, 0.3) is 0 Å². The third-order valence-corrected chi connectivity index (χ3v) is 5.78. The van der Waals surface area contributed by atoms with Crippen molar-refractivity contribution in [2.24, 2.45) is 0 Å². The average molecular weight is 294 g/mol. The van der Waals surface area contributed by atoms with Gasteiger partial charge in [-0.25, -0.2) is 0 Å². The molecule has 0 aromatic carbocycles. The molecule has 5 heterocycles. The van der Waals surface area contributed by atoms with Crippen molar-refractivity contribution in [2.45, 2.75) is 83.2 Å². The van der Waals surface area contributed by atoms with Crippen LogP contribution in [0.2, 0.25) is 0 Å². The van der Waals surface area contributed by atoms with Crippen molar-refractivity contribution in [3.05, 3.63) is 0 Å². The van der Waals surface area contributed by atoms with Crippen LogP contribution in [0, 0.1) is 0 Å². The van der Waals surface area contributed by atoms with E-state index in [9.17, 15) is 0 Å². The third-order valence-electron chi connectivity index (χ3n) is 5.78. The van der Waals surface area contributed by atoms with Crippen molar-refractivity contribution in [3.8, 4) is 0 Å². The highest BCUT2D eigenvalue weighted by molar-refractivity contribution is 5.00. The zero-order valence-electron chi connectivity index (χ0n) is 14.3. The first-order valence-corrected chi connectivity index (χ1v) is 9.04. The second kappa shape index (κ2) is 6.53. The Bertz CT molecular complexity index is 314. The zero-order chi connectivity index (χ0) is 15.0. The van der Waals surface area contributed by atoms with E-state index in [0.29, 0.717) is 0 Å². The summed E-state index contributed by atoms with van der Waals surface area (Å²) >= 11 is 0. The second-order valence-electron chi connectivity index (χ2n) is 7.83. The molecule has 4 atom stereocenters. The molecule has 0 aromatic heterocycles. The van der Waals surface area contributed by atoms with E-state index >= 15 is 0 Å². The second-order valence-corrected chi connectivity index (χ2v) is 7.83. The van der Waals surface area contributed by atoms with Gasteiger partial charge in [-0.05, 0) is 47.0 Å². The van der Waals surface area contributed by atoms with Crippen LogP contribution in [0.1, 0.15) is 47.0 Å². The summed E-state index contributed by atoms with van der Waals surface area (Å²) in [7, 11) is 0. The van der Waals surface area contributed by atoms with Gasteiger partial charge in [0.05, 0.1) is 0 Å². The fourth-order valence-corrected chi connectivity index (χ4v) is 5.01. The highest BCUT2D eigenvalue weighted by atomic mass is 15.3. The smallest absolute Gasteiger partial charge is 0.0242 e. The van der Waals surface area contributed by atoms with E-state index in [0.717, 1.165) is 36.3 Å². The predicted octanol–water partition coefficient (Wildman–Crippen LogP) is 1.27. The van der Waals surface area contributed by atoms with Crippen LogP contribution in [-0.4, -0.2) is 72.2 Å². The van der Waals surface area contributed by atoms with Crippen LogP contribution in [0.15, 0.2) is 0 Å². The molecule has 5 fully saturated rings. The van der Waals surface area contributed by atoms with Gasteiger partial charge in [0.1, 0.15) is 0 Å². The normalized spacial score (nSPS) is 39.1. The molecule has 2 N–H and O–H groups in total. The highest BCUT2D eigenvalue weighted by Gasteiger charge is 2.42. The summed E-state index contributed by atoms with van der Waals surface area (Å²) in [4.78, 5) is 5.33. The maximum atomic E-state index is 3.49. The Morgan fingerprint density at radius 1 is 0.667 bits per heavy atom. The topological polar surface area (TPSA) is 30.5 Å². The van der Waals surface area contributed by atoms with Crippen LogP contribution >= 0.6 is 0 Å². The van der Waals surface area contributed by atoms with Gasteiger partial charge in [0.15, 0.2) is 0 Å². The van der Waals surface area contributed by atoms with Crippen molar-refractivity contribution >= 4 is 0 Å². The van der Waals surface area contributed by atoms with Gasteiger partial charge in [0, 0.05) is 62.4 Å². The van der Waals surface area contributed by atoms with Gasteiger partial charge in [-0.3, -0.25) is 9.80 Å². The molecule has 4 heteroatoms.